The molecule has 5 rings (SSSR count). The lowest BCUT2D eigenvalue weighted by Gasteiger charge is -2.26. The number of carbonyl (C=O) groups excluding carboxylic acids is 2. The van der Waals surface area contributed by atoms with E-state index < -0.39 is 23.5 Å². The van der Waals surface area contributed by atoms with Gasteiger partial charge in [0.1, 0.15) is 11.3 Å². The zero-order valence-corrected chi connectivity index (χ0v) is 18.7. The Morgan fingerprint density at radius 2 is 1.85 bits per heavy atom. The highest BCUT2D eigenvalue weighted by atomic mass is 79.9. The number of halogens is 1. The predicted molar refractivity (Wildman–Crippen MR) is 124 cm³/mol. The summed E-state index contributed by atoms with van der Waals surface area (Å²) in [6.07, 6.45) is 3.20. The van der Waals surface area contributed by atoms with Crippen LogP contribution in [0.2, 0.25) is 0 Å². The number of fused-ring (bicyclic) bond motifs is 1. The lowest BCUT2D eigenvalue weighted by Crippen LogP contribution is -2.30. The molecule has 1 amide bonds. The highest BCUT2D eigenvalue weighted by Crippen LogP contribution is 2.41. The van der Waals surface area contributed by atoms with Gasteiger partial charge in [-0.05, 0) is 59.7 Å². The number of amides is 1. The summed E-state index contributed by atoms with van der Waals surface area (Å²) in [7, 11) is 0. The summed E-state index contributed by atoms with van der Waals surface area (Å²) in [5, 5.41) is 21.6. The molecule has 0 saturated carbocycles. The summed E-state index contributed by atoms with van der Waals surface area (Å²) >= 11 is 3.39. The van der Waals surface area contributed by atoms with Gasteiger partial charge in [-0.25, -0.2) is 0 Å². The molecule has 2 N–H and O–H groups in total. The van der Waals surface area contributed by atoms with Crippen molar-refractivity contribution < 1.29 is 24.2 Å². The molecule has 1 atom stereocenters. The van der Waals surface area contributed by atoms with Crippen LogP contribution in [0.1, 0.15) is 27.7 Å². The zero-order chi connectivity index (χ0) is 23.1. The minimum Gasteiger partial charge on any atom is -0.508 e. The molecule has 0 spiro atoms. The number of furan rings is 1. The Bertz CT molecular complexity index is 1430. The van der Waals surface area contributed by atoms with Crippen LogP contribution in [0.15, 0.2) is 93.3 Å². The van der Waals surface area contributed by atoms with Crippen molar-refractivity contribution in [3.05, 3.63) is 106 Å². The van der Waals surface area contributed by atoms with E-state index in [1.54, 1.807) is 54.9 Å². The molecule has 1 aliphatic rings. The number of phenolic OH excluding ortho intramolecular Hbond substituents is 1. The van der Waals surface area contributed by atoms with E-state index in [9.17, 15) is 19.8 Å². The molecule has 0 saturated heterocycles. The summed E-state index contributed by atoms with van der Waals surface area (Å²) in [5.41, 5.74) is 1.67. The lowest BCUT2D eigenvalue weighted by molar-refractivity contribution is -0.130. The van der Waals surface area contributed by atoms with Crippen molar-refractivity contribution in [2.75, 3.05) is 0 Å². The highest BCUT2D eigenvalue weighted by molar-refractivity contribution is 9.10. The molecular formula is C25H17BrN2O5. The second-order valence-corrected chi connectivity index (χ2v) is 8.59. The molecule has 8 heteroatoms. The third-order valence-electron chi connectivity index (χ3n) is 5.54. The van der Waals surface area contributed by atoms with Gasteiger partial charge >= 0.3 is 0 Å². The zero-order valence-electron chi connectivity index (χ0n) is 17.1. The second-order valence-electron chi connectivity index (χ2n) is 7.67. The number of pyridine rings is 1. The van der Waals surface area contributed by atoms with Crippen LogP contribution in [-0.2, 0) is 11.3 Å². The molecule has 3 heterocycles. The van der Waals surface area contributed by atoms with Crippen LogP contribution in [0.4, 0.5) is 0 Å². The fourth-order valence-corrected chi connectivity index (χ4v) is 4.41. The summed E-state index contributed by atoms with van der Waals surface area (Å²) in [6, 6.07) is 15.8. The van der Waals surface area contributed by atoms with E-state index in [2.05, 4.69) is 20.9 Å². The SMILES string of the molecule is O=C(C1=C(O)C(=O)N(Cc2ccncc2)C1c1cccc(O)c1)c1cc2cc(Br)ccc2o1. The van der Waals surface area contributed by atoms with Gasteiger partial charge in [0.25, 0.3) is 5.91 Å². The summed E-state index contributed by atoms with van der Waals surface area (Å²) < 4.78 is 6.57. The number of hydrogen-bond donors (Lipinski definition) is 2. The van der Waals surface area contributed by atoms with E-state index in [1.807, 2.05) is 6.07 Å². The minimum absolute atomic E-state index is 0.00774. The third-order valence-corrected chi connectivity index (χ3v) is 6.03. The Morgan fingerprint density at radius 3 is 2.61 bits per heavy atom. The average Bonchev–Trinajstić information content (AvgIpc) is 3.33. The Morgan fingerprint density at radius 1 is 1.06 bits per heavy atom. The van der Waals surface area contributed by atoms with Crippen molar-refractivity contribution in [3.63, 3.8) is 0 Å². The summed E-state index contributed by atoms with van der Waals surface area (Å²) in [4.78, 5) is 32.0. The van der Waals surface area contributed by atoms with Gasteiger partial charge in [0.15, 0.2) is 11.5 Å². The van der Waals surface area contributed by atoms with Crippen molar-refractivity contribution in [1.82, 2.24) is 9.88 Å². The van der Waals surface area contributed by atoms with Gasteiger partial charge in [-0.15, -0.1) is 0 Å². The van der Waals surface area contributed by atoms with E-state index in [1.165, 1.54) is 17.0 Å². The number of Topliss-reactive ketones (excluding diaryl/α,β-unsaturated/α-hetero) is 1. The van der Waals surface area contributed by atoms with Crippen molar-refractivity contribution in [2.24, 2.45) is 0 Å². The van der Waals surface area contributed by atoms with E-state index in [0.717, 1.165) is 10.0 Å². The van der Waals surface area contributed by atoms with Crippen molar-refractivity contribution in [1.29, 1.82) is 0 Å². The van der Waals surface area contributed by atoms with Gasteiger partial charge in [-0.2, -0.15) is 0 Å². The fourth-order valence-electron chi connectivity index (χ4n) is 4.03. The molecule has 2 aromatic carbocycles. The van der Waals surface area contributed by atoms with E-state index in [-0.39, 0.29) is 23.6 Å². The molecule has 0 radical (unpaired) electrons. The second kappa shape index (κ2) is 8.22. The van der Waals surface area contributed by atoms with E-state index >= 15 is 0 Å². The van der Waals surface area contributed by atoms with Crippen LogP contribution in [0.5, 0.6) is 5.75 Å². The largest absolute Gasteiger partial charge is 0.508 e. The van der Waals surface area contributed by atoms with Gasteiger partial charge < -0.3 is 19.5 Å². The predicted octanol–water partition coefficient (Wildman–Crippen LogP) is 5.07. The van der Waals surface area contributed by atoms with Crippen LogP contribution in [0.25, 0.3) is 11.0 Å². The highest BCUT2D eigenvalue weighted by Gasteiger charge is 2.44. The number of phenols is 1. The Kier molecular flexibility index (Phi) is 5.22. The molecule has 0 aliphatic carbocycles. The van der Waals surface area contributed by atoms with Crippen LogP contribution < -0.4 is 0 Å². The number of benzene rings is 2. The van der Waals surface area contributed by atoms with Crippen LogP contribution in [-0.4, -0.2) is 31.8 Å². The first-order valence-electron chi connectivity index (χ1n) is 10.1. The maximum atomic E-state index is 13.5. The maximum absolute atomic E-state index is 13.5. The molecule has 33 heavy (non-hydrogen) atoms. The number of aliphatic hydroxyl groups excluding tert-OH is 1. The molecule has 2 aromatic heterocycles. The van der Waals surface area contributed by atoms with Gasteiger partial charge in [0.2, 0.25) is 5.78 Å². The number of hydrogen-bond acceptors (Lipinski definition) is 6. The van der Waals surface area contributed by atoms with Gasteiger partial charge in [-0.1, -0.05) is 28.1 Å². The Labute approximate surface area is 196 Å². The van der Waals surface area contributed by atoms with Gasteiger partial charge in [-0.3, -0.25) is 14.6 Å². The molecular weight excluding hydrogens is 488 g/mol. The number of aromatic hydroxyl groups is 1. The molecule has 7 nitrogen and oxygen atoms in total. The van der Waals surface area contributed by atoms with Crippen LogP contribution in [0.3, 0.4) is 0 Å². The quantitative estimate of drug-likeness (QED) is 0.367. The third kappa shape index (κ3) is 3.78. The normalized spacial score (nSPS) is 16.1. The minimum atomic E-state index is -0.912. The number of aromatic nitrogens is 1. The first-order chi connectivity index (χ1) is 15.9. The van der Waals surface area contributed by atoms with Gasteiger partial charge in [0, 0.05) is 28.8 Å². The average molecular weight is 505 g/mol. The molecule has 164 valence electrons. The topological polar surface area (TPSA) is 104 Å². The fraction of sp³-hybridized carbons (Fsp3) is 0.0800. The molecule has 0 bridgehead atoms. The summed E-state index contributed by atoms with van der Waals surface area (Å²) in [6.45, 7) is 0.135. The number of rotatable bonds is 5. The number of aliphatic hydroxyl groups is 1. The smallest absolute Gasteiger partial charge is 0.290 e. The number of nitrogens with zero attached hydrogens (tertiary/aromatic N) is 2. The Hall–Kier alpha value is -3.91. The van der Waals surface area contributed by atoms with Crippen molar-refractivity contribution in [2.45, 2.75) is 12.6 Å². The Balaban J connectivity index is 1.61. The number of carbonyl (C=O) groups is 2. The lowest BCUT2D eigenvalue weighted by atomic mass is 9.94. The molecule has 0 fully saturated rings. The summed E-state index contributed by atoms with van der Waals surface area (Å²) in [5.74, 6) is -1.92. The van der Waals surface area contributed by atoms with Crippen LogP contribution >= 0.6 is 15.9 Å². The van der Waals surface area contributed by atoms with E-state index in [0.29, 0.717) is 16.5 Å². The molecule has 1 aliphatic heterocycles. The standard InChI is InChI=1S/C25H17BrN2O5/c26-17-4-5-19-16(10-17)12-20(33-19)23(30)21-22(15-2-1-3-18(29)11-15)28(25(32)24(21)31)13-14-6-8-27-9-7-14/h1-12,22,29,31H,13H2. The molecule has 1 unspecified atom stereocenters. The maximum Gasteiger partial charge on any atom is 0.290 e. The van der Waals surface area contributed by atoms with E-state index in [4.69, 9.17) is 4.42 Å². The van der Waals surface area contributed by atoms with Crippen molar-refractivity contribution in [3.8, 4) is 5.75 Å². The first-order valence-corrected chi connectivity index (χ1v) is 10.9. The van der Waals surface area contributed by atoms with Crippen molar-refractivity contribution >= 4 is 38.6 Å². The number of ketones is 1. The molecule has 4 aromatic rings. The monoisotopic (exact) mass is 504 g/mol. The van der Waals surface area contributed by atoms with Gasteiger partial charge in [0.05, 0.1) is 11.6 Å². The first kappa shape index (κ1) is 21.0. The van der Waals surface area contributed by atoms with Crippen LogP contribution in [0, 0.1) is 0 Å².